The molecule has 0 aliphatic carbocycles. The van der Waals surface area contributed by atoms with Crippen LogP contribution in [0.3, 0.4) is 0 Å². The summed E-state index contributed by atoms with van der Waals surface area (Å²) in [5.74, 6) is -0.396. The number of anilines is 1. The lowest BCUT2D eigenvalue weighted by Gasteiger charge is -2.24. The van der Waals surface area contributed by atoms with E-state index in [1.165, 1.54) is 0 Å². The number of carboxylic acid groups (broad SMARTS) is 1. The van der Waals surface area contributed by atoms with E-state index in [9.17, 15) is 9.90 Å². The van der Waals surface area contributed by atoms with Crippen LogP contribution in [0.15, 0.2) is 24.4 Å². The molecule has 114 valence electrons. The molecule has 2 aromatic rings. The van der Waals surface area contributed by atoms with Crippen molar-refractivity contribution in [3.8, 4) is 0 Å². The van der Waals surface area contributed by atoms with Crippen LogP contribution in [0.4, 0.5) is 5.82 Å². The van der Waals surface area contributed by atoms with Crippen molar-refractivity contribution in [3.63, 3.8) is 0 Å². The summed E-state index contributed by atoms with van der Waals surface area (Å²) in [4.78, 5) is 20.3. The highest BCUT2D eigenvalue weighted by atomic mass is 16.4. The third-order valence-corrected chi connectivity index (χ3v) is 3.32. The molecule has 6 heteroatoms. The van der Waals surface area contributed by atoms with Gasteiger partial charge in [0, 0.05) is 25.8 Å². The van der Waals surface area contributed by atoms with Gasteiger partial charge >= 0.3 is 5.97 Å². The van der Waals surface area contributed by atoms with Gasteiger partial charge in [0.15, 0.2) is 11.5 Å². The number of fused-ring (bicyclic) bond motifs is 1. The molecule has 0 aromatic carbocycles. The third-order valence-electron chi connectivity index (χ3n) is 3.32. The van der Waals surface area contributed by atoms with E-state index in [-0.39, 0.29) is 5.69 Å². The fourth-order valence-electron chi connectivity index (χ4n) is 2.32. The fourth-order valence-corrected chi connectivity index (χ4v) is 2.32. The highest BCUT2D eigenvalue weighted by Crippen LogP contribution is 2.22. The first-order valence-corrected chi connectivity index (χ1v) is 7.14. The van der Waals surface area contributed by atoms with Gasteiger partial charge in [-0.25, -0.2) is 9.78 Å². The Kier molecular flexibility index (Phi) is 4.80. The molecule has 0 saturated carbocycles. The van der Waals surface area contributed by atoms with Crippen LogP contribution in [0, 0.1) is 0 Å². The van der Waals surface area contributed by atoms with E-state index in [1.54, 1.807) is 10.6 Å². The van der Waals surface area contributed by atoms with Gasteiger partial charge in [-0.15, -0.1) is 0 Å². The van der Waals surface area contributed by atoms with Crippen molar-refractivity contribution in [1.82, 2.24) is 14.3 Å². The third kappa shape index (κ3) is 3.33. The average Bonchev–Trinajstić information content (AvgIpc) is 2.82. The maximum absolute atomic E-state index is 11.6. The van der Waals surface area contributed by atoms with Gasteiger partial charge < -0.3 is 14.9 Å². The van der Waals surface area contributed by atoms with Crippen LogP contribution >= 0.6 is 0 Å². The number of carbonyl (C=O) groups is 1. The van der Waals surface area contributed by atoms with Gasteiger partial charge in [-0.2, -0.15) is 0 Å². The van der Waals surface area contributed by atoms with Gasteiger partial charge in [-0.1, -0.05) is 13.0 Å². The van der Waals surface area contributed by atoms with E-state index in [4.69, 9.17) is 0 Å². The Morgan fingerprint density at radius 1 is 1.29 bits per heavy atom. The molecular formula is C15H22N4O2. The van der Waals surface area contributed by atoms with E-state index < -0.39 is 5.97 Å². The van der Waals surface area contributed by atoms with Crippen LogP contribution in [-0.4, -0.2) is 59.1 Å². The summed E-state index contributed by atoms with van der Waals surface area (Å²) in [5, 5.41) is 9.55. The topological polar surface area (TPSA) is 61.1 Å². The Labute approximate surface area is 124 Å². The second-order valence-corrected chi connectivity index (χ2v) is 5.31. The van der Waals surface area contributed by atoms with Crippen molar-refractivity contribution in [3.05, 3.63) is 30.1 Å². The number of imidazole rings is 1. The molecule has 2 aromatic heterocycles. The first-order chi connectivity index (χ1) is 10.0. The highest BCUT2D eigenvalue weighted by molar-refractivity contribution is 5.93. The molecule has 0 atom stereocenters. The molecule has 0 saturated heterocycles. The summed E-state index contributed by atoms with van der Waals surface area (Å²) in [6, 6.07) is 5.50. The maximum Gasteiger partial charge on any atom is 0.356 e. The number of carboxylic acids is 1. The summed E-state index contributed by atoms with van der Waals surface area (Å²) in [7, 11) is 4.01. The molecule has 2 rings (SSSR count). The minimum Gasteiger partial charge on any atom is -0.476 e. The fraction of sp³-hybridized carbons (Fsp3) is 0.467. The number of nitrogens with zero attached hydrogens (tertiary/aromatic N) is 4. The molecule has 0 amide bonds. The van der Waals surface area contributed by atoms with Crippen molar-refractivity contribution in [1.29, 1.82) is 0 Å². The number of pyridine rings is 1. The number of likely N-dealkylation sites (N-methyl/N-ethyl adjacent to an activating group) is 1. The molecule has 0 radical (unpaired) electrons. The molecule has 0 aliphatic heterocycles. The quantitative estimate of drug-likeness (QED) is 0.842. The van der Waals surface area contributed by atoms with Gasteiger partial charge in [-0.05, 0) is 32.6 Å². The summed E-state index contributed by atoms with van der Waals surface area (Å²) >= 11 is 0. The monoisotopic (exact) mass is 290 g/mol. The zero-order chi connectivity index (χ0) is 15.4. The zero-order valence-electron chi connectivity index (χ0n) is 12.8. The first-order valence-electron chi connectivity index (χ1n) is 7.14. The van der Waals surface area contributed by atoms with Crippen molar-refractivity contribution >= 4 is 17.4 Å². The van der Waals surface area contributed by atoms with E-state index in [0.717, 1.165) is 26.1 Å². The normalized spacial score (nSPS) is 11.2. The molecule has 0 bridgehead atoms. The van der Waals surface area contributed by atoms with Crippen LogP contribution in [0.1, 0.15) is 23.8 Å². The Balaban J connectivity index is 2.45. The second-order valence-electron chi connectivity index (χ2n) is 5.31. The standard InChI is InChI=1S/C15H22N4O2/c1-4-8-18(11-10-17(2)3)14-13(15(20)21)19-9-6-5-7-12(19)16-14/h5-7,9H,4,8,10-11H2,1-3H3,(H,20,21). The van der Waals surface area contributed by atoms with E-state index in [0.29, 0.717) is 11.5 Å². The lowest BCUT2D eigenvalue weighted by molar-refractivity contribution is 0.0690. The molecule has 0 spiro atoms. The van der Waals surface area contributed by atoms with Crippen molar-refractivity contribution in [2.45, 2.75) is 13.3 Å². The number of hydrogen-bond donors (Lipinski definition) is 1. The van der Waals surface area contributed by atoms with Crippen molar-refractivity contribution in [2.24, 2.45) is 0 Å². The molecule has 0 fully saturated rings. The lowest BCUT2D eigenvalue weighted by Crippen LogP contribution is -2.33. The molecular weight excluding hydrogens is 268 g/mol. The Morgan fingerprint density at radius 2 is 2.05 bits per heavy atom. The largest absolute Gasteiger partial charge is 0.476 e. The van der Waals surface area contributed by atoms with Gasteiger partial charge in [0.05, 0.1) is 0 Å². The Morgan fingerprint density at radius 3 is 2.67 bits per heavy atom. The first kappa shape index (κ1) is 15.3. The SMILES string of the molecule is CCCN(CCN(C)C)c1nc2ccccn2c1C(=O)O. The number of rotatable bonds is 7. The van der Waals surface area contributed by atoms with Crippen LogP contribution in [0.2, 0.25) is 0 Å². The minimum absolute atomic E-state index is 0.234. The van der Waals surface area contributed by atoms with Gasteiger partial charge in [-0.3, -0.25) is 4.40 Å². The Bertz CT molecular complexity index is 621. The maximum atomic E-state index is 11.6. The number of aromatic carboxylic acids is 1. The van der Waals surface area contributed by atoms with E-state index >= 15 is 0 Å². The van der Waals surface area contributed by atoms with Crippen LogP contribution in [0.5, 0.6) is 0 Å². The van der Waals surface area contributed by atoms with Crippen molar-refractivity contribution < 1.29 is 9.90 Å². The predicted octanol–water partition coefficient (Wildman–Crippen LogP) is 1.81. The highest BCUT2D eigenvalue weighted by Gasteiger charge is 2.22. The molecule has 2 heterocycles. The minimum atomic E-state index is -0.949. The van der Waals surface area contributed by atoms with E-state index in [1.807, 2.05) is 32.3 Å². The van der Waals surface area contributed by atoms with Crippen molar-refractivity contribution in [2.75, 3.05) is 38.6 Å². The smallest absolute Gasteiger partial charge is 0.356 e. The van der Waals surface area contributed by atoms with Gasteiger partial charge in [0.25, 0.3) is 0 Å². The van der Waals surface area contributed by atoms with Crippen LogP contribution < -0.4 is 4.90 Å². The number of aromatic nitrogens is 2. The van der Waals surface area contributed by atoms with Crippen LogP contribution in [-0.2, 0) is 0 Å². The summed E-state index contributed by atoms with van der Waals surface area (Å²) in [6.07, 6.45) is 2.69. The van der Waals surface area contributed by atoms with Gasteiger partial charge in [0.1, 0.15) is 5.65 Å². The zero-order valence-corrected chi connectivity index (χ0v) is 12.8. The number of hydrogen-bond acceptors (Lipinski definition) is 4. The summed E-state index contributed by atoms with van der Waals surface area (Å²) in [6.45, 7) is 4.48. The van der Waals surface area contributed by atoms with E-state index in [2.05, 4.69) is 21.7 Å². The molecule has 6 nitrogen and oxygen atoms in total. The lowest BCUT2D eigenvalue weighted by atomic mass is 10.3. The predicted molar refractivity (Wildman–Crippen MR) is 83.2 cm³/mol. The summed E-state index contributed by atoms with van der Waals surface area (Å²) < 4.78 is 1.63. The van der Waals surface area contributed by atoms with Gasteiger partial charge in [0.2, 0.25) is 0 Å². The second kappa shape index (κ2) is 6.58. The molecule has 1 N–H and O–H groups in total. The molecule has 21 heavy (non-hydrogen) atoms. The molecule has 0 aliphatic rings. The summed E-state index contributed by atoms with van der Waals surface area (Å²) in [5.41, 5.74) is 0.897. The average molecular weight is 290 g/mol. The Hall–Kier alpha value is -2.08. The van der Waals surface area contributed by atoms with Crippen LogP contribution in [0.25, 0.3) is 5.65 Å². The molecule has 0 unspecified atom stereocenters.